The molecule has 3 rings (SSSR count). The van der Waals surface area contributed by atoms with Gasteiger partial charge >= 0.3 is 0 Å². The van der Waals surface area contributed by atoms with Crippen molar-refractivity contribution in [3.05, 3.63) is 66.0 Å². The number of rotatable bonds is 4. The number of anilines is 1. The number of nitrogens with one attached hydrogen (secondary N) is 1. The number of fused-ring (bicyclic) bond motifs is 1. The summed E-state index contributed by atoms with van der Waals surface area (Å²) in [5, 5.41) is 4.10. The van der Waals surface area contributed by atoms with Gasteiger partial charge in [0.05, 0.1) is 5.52 Å². The summed E-state index contributed by atoms with van der Waals surface area (Å²) in [7, 11) is 0. The Morgan fingerprint density at radius 3 is 2.52 bits per heavy atom. The predicted octanol–water partition coefficient (Wildman–Crippen LogP) is 3.56. The van der Waals surface area contributed by atoms with Crippen LogP contribution in [0.15, 0.2) is 48.8 Å². The fraction of sp³-hybridized carbons (Fsp3) is 0.125. The van der Waals surface area contributed by atoms with Gasteiger partial charge in [0.15, 0.2) is 0 Å². The van der Waals surface area contributed by atoms with E-state index in [9.17, 15) is 8.78 Å². The Morgan fingerprint density at radius 2 is 1.71 bits per heavy atom. The molecule has 3 aromatic rings. The van der Waals surface area contributed by atoms with Gasteiger partial charge in [0, 0.05) is 18.0 Å². The van der Waals surface area contributed by atoms with Crippen molar-refractivity contribution in [2.24, 2.45) is 0 Å². The van der Waals surface area contributed by atoms with Gasteiger partial charge in [0.1, 0.15) is 23.8 Å². The fourth-order valence-electron chi connectivity index (χ4n) is 2.23. The third-order valence-corrected chi connectivity index (χ3v) is 3.17. The first-order chi connectivity index (χ1) is 10.2. The summed E-state index contributed by atoms with van der Waals surface area (Å²) < 4.78 is 26.2. The Bertz CT molecular complexity index is 749. The second-order valence-electron chi connectivity index (χ2n) is 4.69. The van der Waals surface area contributed by atoms with E-state index in [0.29, 0.717) is 18.5 Å². The van der Waals surface area contributed by atoms with Crippen molar-refractivity contribution < 1.29 is 8.78 Å². The molecule has 0 aliphatic carbocycles. The van der Waals surface area contributed by atoms with E-state index in [2.05, 4.69) is 15.3 Å². The first kappa shape index (κ1) is 13.4. The van der Waals surface area contributed by atoms with Gasteiger partial charge in [-0.1, -0.05) is 12.1 Å². The Morgan fingerprint density at radius 1 is 0.952 bits per heavy atom. The van der Waals surface area contributed by atoms with Crippen molar-refractivity contribution in [2.45, 2.75) is 6.42 Å². The smallest absolute Gasteiger partial charge is 0.137 e. The minimum Gasteiger partial charge on any atom is -0.369 e. The summed E-state index contributed by atoms with van der Waals surface area (Å²) in [6, 6.07) is 11.2. The van der Waals surface area contributed by atoms with E-state index in [1.807, 2.05) is 24.3 Å². The maximum absolute atomic E-state index is 13.1. The molecule has 106 valence electrons. The molecule has 0 aliphatic rings. The normalized spacial score (nSPS) is 10.8. The molecular formula is C16H13F2N3. The van der Waals surface area contributed by atoms with Crippen molar-refractivity contribution >= 4 is 16.7 Å². The molecule has 0 saturated heterocycles. The molecule has 1 aromatic heterocycles. The van der Waals surface area contributed by atoms with Gasteiger partial charge in [-0.25, -0.2) is 18.7 Å². The van der Waals surface area contributed by atoms with E-state index in [-0.39, 0.29) is 0 Å². The van der Waals surface area contributed by atoms with Gasteiger partial charge in [0.2, 0.25) is 0 Å². The highest BCUT2D eigenvalue weighted by atomic mass is 19.1. The summed E-state index contributed by atoms with van der Waals surface area (Å²) >= 11 is 0. The highest BCUT2D eigenvalue weighted by molar-refractivity contribution is 5.88. The lowest BCUT2D eigenvalue weighted by Crippen LogP contribution is -2.07. The summed E-state index contributed by atoms with van der Waals surface area (Å²) in [5.74, 6) is -0.396. The van der Waals surface area contributed by atoms with Crippen LogP contribution in [0.3, 0.4) is 0 Å². The highest BCUT2D eigenvalue weighted by Crippen LogP contribution is 2.18. The lowest BCUT2D eigenvalue weighted by atomic mass is 10.1. The number of halogens is 2. The van der Waals surface area contributed by atoms with E-state index in [1.54, 1.807) is 0 Å². The number of hydrogen-bond acceptors (Lipinski definition) is 3. The first-order valence-corrected chi connectivity index (χ1v) is 6.61. The fourth-order valence-corrected chi connectivity index (χ4v) is 2.23. The van der Waals surface area contributed by atoms with Crippen LogP contribution in [0.4, 0.5) is 14.6 Å². The van der Waals surface area contributed by atoms with Crippen LogP contribution in [-0.2, 0) is 6.42 Å². The Hall–Kier alpha value is -2.56. The van der Waals surface area contributed by atoms with Crippen molar-refractivity contribution in [2.75, 3.05) is 11.9 Å². The maximum Gasteiger partial charge on any atom is 0.137 e. The van der Waals surface area contributed by atoms with Crippen LogP contribution in [0.1, 0.15) is 5.56 Å². The molecule has 21 heavy (non-hydrogen) atoms. The standard InChI is InChI=1S/C16H13F2N3/c17-12-7-11(8-13(18)9-12)5-6-19-16-14-3-1-2-4-15(14)20-10-21-16/h1-4,7-10H,5-6H2,(H,19,20,21). The van der Waals surface area contributed by atoms with Crippen molar-refractivity contribution in [1.29, 1.82) is 0 Å². The van der Waals surface area contributed by atoms with Crippen LogP contribution in [0.2, 0.25) is 0 Å². The van der Waals surface area contributed by atoms with Gasteiger partial charge in [-0.15, -0.1) is 0 Å². The summed E-state index contributed by atoms with van der Waals surface area (Å²) in [6.07, 6.45) is 2.00. The Balaban J connectivity index is 1.72. The molecule has 0 spiro atoms. The number of hydrogen-bond donors (Lipinski definition) is 1. The lowest BCUT2D eigenvalue weighted by molar-refractivity contribution is 0.580. The molecule has 0 aliphatic heterocycles. The summed E-state index contributed by atoms with van der Waals surface area (Å²) in [5.41, 5.74) is 1.46. The number of para-hydroxylation sites is 1. The third-order valence-electron chi connectivity index (χ3n) is 3.17. The summed E-state index contributed by atoms with van der Waals surface area (Å²) in [6.45, 7) is 0.532. The van der Waals surface area contributed by atoms with Crippen molar-refractivity contribution in [1.82, 2.24) is 9.97 Å². The van der Waals surface area contributed by atoms with Gasteiger partial charge in [-0.05, 0) is 36.2 Å². The van der Waals surface area contributed by atoms with Gasteiger partial charge < -0.3 is 5.32 Å². The highest BCUT2D eigenvalue weighted by Gasteiger charge is 2.04. The van der Waals surface area contributed by atoms with E-state index < -0.39 is 11.6 Å². The topological polar surface area (TPSA) is 37.8 Å². The minimum atomic E-state index is -0.558. The molecule has 0 bridgehead atoms. The first-order valence-electron chi connectivity index (χ1n) is 6.61. The molecule has 0 saturated carbocycles. The average molecular weight is 285 g/mol. The molecule has 5 heteroatoms. The van der Waals surface area contributed by atoms with Gasteiger partial charge in [0.25, 0.3) is 0 Å². The minimum absolute atomic E-state index is 0.507. The zero-order valence-corrected chi connectivity index (χ0v) is 11.2. The van der Waals surface area contributed by atoms with Crippen LogP contribution < -0.4 is 5.32 Å². The molecule has 0 amide bonds. The molecule has 1 N–H and O–H groups in total. The van der Waals surface area contributed by atoms with Crippen LogP contribution in [0.25, 0.3) is 10.9 Å². The Kier molecular flexibility index (Phi) is 3.73. The third kappa shape index (κ3) is 3.13. The Labute approximate surface area is 120 Å². The quantitative estimate of drug-likeness (QED) is 0.796. The molecule has 2 aromatic carbocycles. The van der Waals surface area contributed by atoms with E-state index in [1.165, 1.54) is 18.5 Å². The van der Waals surface area contributed by atoms with Crippen LogP contribution in [-0.4, -0.2) is 16.5 Å². The van der Waals surface area contributed by atoms with Gasteiger partial charge in [-0.3, -0.25) is 0 Å². The number of aromatic nitrogens is 2. The second-order valence-corrected chi connectivity index (χ2v) is 4.69. The van der Waals surface area contributed by atoms with Crippen molar-refractivity contribution in [3.8, 4) is 0 Å². The summed E-state index contributed by atoms with van der Waals surface area (Å²) in [4.78, 5) is 8.38. The number of nitrogens with zero attached hydrogens (tertiary/aromatic N) is 2. The molecule has 0 atom stereocenters. The largest absolute Gasteiger partial charge is 0.369 e. The molecule has 0 radical (unpaired) electrons. The zero-order chi connectivity index (χ0) is 14.7. The van der Waals surface area contributed by atoms with Gasteiger partial charge in [-0.2, -0.15) is 0 Å². The number of benzene rings is 2. The van der Waals surface area contributed by atoms with Crippen LogP contribution in [0.5, 0.6) is 0 Å². The lowest BCUT2D eigenvalue weighted by Gasteiger charge is -2.08. The molecule has 0 unspecified atom stereocenters. The van der Waals surface area contributed by atoms with E-state index >= 15 is 0 Å². The predicted molar refractivity (Wildman–Crippen MR) is 78.1 cm³/mol. The molecular weight excluding hydrogens is 272 g/mol. The molecule has 3 nitrogen and oxygen atoms in total. The van der Waals surface area contributed by atoms with Crippen LogP contribution >= 0.6 is 0 Å². The maximum atomic E-state index is 13.1. The van der Waals surface area contributed by atoms with Crippen molar-refractivity contribution in [3.63, 3.8) is 0 Å². The second kappa shape index (κ2) is 5.83. The average Bonchev–Trinajstić information content (AvgIpc) is 2.46. The van der Waals surface area contributed by atoms with E-state index in [4.69, 9.17) is 0 Å². The molecule has 0 fully saturated rings. The van der Waals surface area contributed by atoms with E-state index in [0.717, 1.165) is 22.8 Å². The SMILES string of the molecule is Fc1cc(F)cc(CCNc2ncnc3ccccc23)c1. The zero-order valence-electron chi connectivity index (χ0n) is 11.2. The van der Waals surface area contributed by atoms with Crippen LogP contribution in [0, 0.1) is 11.6 Å². The monoisotopic (exact) mass is 285 g/mol. The molecule has 1 heterocycles.